The van der Waals surface area contributed by atoms with Gasteiger partial charge in [0.05, 0.1) is 37.4 Å². The zero-order valence-corrected chi connectivity index (χ0v) is 25.3. The number of rotatable bonds is 12. The van der Waals surface area contributed by atoms with E-state index in [0.29, 0.717) is 26.0 Å². The molecule has 0 aliphatic carbocycles. The molecule has 3 rings (SSSR count). The second-order valence-corrected chi connectivity index (χ2v) is 11.7. The molecule has 3 aliphatic rings. The largest absolute Gasteiger partial charge is 0.459 e. The maximum Gasteiger partial charge on any atom is 0.303 e. The average molecular weight is 577 g/mol. The van der Waals surface area contributed by atoms with E-state index in [1.807, 2.05) is 32.9 Å². The van der Waals surface area contributed by atoms with Crippen LogP contribution in [0, 0.1) is 5.92 Å². The van der Waals surface area contributed by atoms with Crippen LogP contribution in [0.15, 0.2) is 36.0 Å². The van der Waals surface area contributed by atoms with Crippen LogP contribution in [0.4, 0.5) is 0 Å². The molecular formula is C31H48N2O8. The Morgan fingerprint density at radius 2 is 1.90 bits per heavy atom. The summed E-state index contributed by atoms with van der Waals surface area (Å²) in [4.78, 5) is 35.6. The fourth-order valence-corrected chi connectivity index (χ4v) is 5.43. The summed E-state index contributed by atoms with van der Waals surface area (Å²) in [6, 6.07) is -0.119. The van der Waals surface area contributed by atoms with E-state index >= 15 is 0 Å². The van der Waals surface area contributed by atoms with Gasteiger partial charge in [-0.2, -0.15) is 0 Å². The van der Waals surface area contributed by atoms with Gasteiger partial charge in [-0.25, -0.2) is 0 Å². The molecule has 3 aliphatic heterocycles. The van der Waals surface area contributed by atoms with Crippen molar-refractivity contribution in [1.82, 2.24) is 10.6 Å². The highest BCUT2D eigenvalue weighted by molar-refractivity contribution is 5.87. The van der Waals surface area contributed by atoms with Gasteiger partial charge in [0.2, 0.25) is 11.8 Å². The third-order valence-corrected chi connectivity index (χ3v) is 7.91. The van der Waals surface area contributed by atoms with Crippen LogP contribution in [0.2, 0.25) is 0 Å². The Kier molecular flexibility index (Phi) is 12.1. The van der Waals surface area contributed by atoms with Gasteiger partial charge in [0, 0.05) is 26.0 Å². The second-order valence-electron chi connectivity index (χ2n) is 11.7. The summed E-state index contributed by atoms with van der Waals surface area (Å²) in [7, 11) is 0. The first-order chi connectivity index (χ1) is 19.4. The van der Waals surface area contributed by atoms with Crippen LogP contribution in [0.25, 0.3) is 0 Å². The van der Waals surface area contributed by atoms with Crippen molar-refractivity contribution in [2.45, 2.75) is 122 Å². The van der Waals surface area contributed by atoms with E-state index in [0.717, 1.165) is 18.4 Å². The molecule has 0 radical (unpaired) electrons. The smallest absolute Gasteiger partial charge is 0.303 e. The number of ether oxygens (including phenoxy) is 4. The van der Waals surface area contributed by atoms with Crippen LogP contribution >= 0.6 is 0 Å². The van der Waals surface area contributed by atoms with Crippen molar-refractivity contribution in [2.24, 2.45) is 5.92 Å². The fraction of sp³-hybridized carbons (Fsp3) is 0.710. The lowest BCUT2D eigenvalue weighted by molar-refractivity contribution is -0.145. The molecule has 0 aromatic carbocycles. The maximum absolute atomic E-state index is 12.4. The first-order valence-corrected chi connectivity index (χ1v) is 14.8. The number of aliphatic hydroxyl groups is 1. The summed E-state index contributed by atoms with van der Waals surface area (Å²) in [6.07, 6.45) is 9.69. The van der Waals surface area contributed by atoms with Crippen molar-refractivity contribution in [2.75, 3.05) is 13.2 Å². The topological polar surface area (TPSA) is 136 Å². The van der Waals surface area contributed by atoms with E-state index in [4.69, 9.17) is 18.9 Å². The molecule has 0 bridgehead atoms. The molecule has 3 heterocycles. The van der Waals surface area contributed by atoms with E-state index in [1.165, 1.54) is 13.0 Å². The number of aliphatic hydroxyl groups excluding tert-OH is 1. The highest BCUT2D eigenvalue weighted by Crippen LogP contribution is 2.43. The van der Waals surface area contributed by atoms with Crippen molar-refractivity contribution in [3.63, 3.8) is 0 Å². The van der Waals surface area contributed by atoms with Gasteiger partial charge in [0.1, 0.15) is 23.9 Å². The molecule has 10 heteroatoms. The number of amides is 2. The summed E-state index contributed by atoms with van der Waals surface area (Å²) < 4.78 is 23.0. The van der Waals surface area contributed by atoms with Crippen molar-refractivity contribution < 1.29 is 38.4 Å². The molecule has 10 nitrogen and oxygen atoms in total. The highest BCUT2D eigenvalue weighted by atomic mass is 16.6. The Labute approximate surface area is 243 Å². The molecule has 230 valence electrons. The Morgan fingerprint density at radius 1 is 1.17 bits per heavy atom. The molecule has 3 saturated heterocycles. The van der Waals surface area contributed by atoms with Gasteiger partial charge in [0.25, 0.3) is 0 Å². The number of hydrogen-bond donors (Lipinski definition) is 3. The minimum absolute atomic E-state index is 0.00620. The Morgan fingerprint density at radius 3 is 2.56 bits per heavy atom. The van der Waals surface area contributed by atoms with Crippen molar-refractivity contribution in [1.29, 1.82) is 0 Å². The lowest BCUT2D eigenvalue weighted by atomic mass is 9.87. The molecule has 0 saturated carbocycles. The van der Waals surface area contributed by atoms with Gasteiger partial charge in [-0.3, -0.25) is 14.4 Å². The van der Waals surface area contributed by atoms with Crippen LogP contribution in [0.5, 0.6) is 0 Å². The molecule has 3 fully saturated rings. The van der Waals surface area contributed by atoms with Crippen molar-refractivity contribution in [3.05, 3.63) is 36.0 Å². The van der Waals surface area contributed by atoms with Crippen LogP contribution in [-0.2, 0) is 33.3 Å². The van der Waals surface area contributed by atoms with E-state index in [1.54, 1.807) is 13.0 Å². The Balaban J connectivity index is 1.49. The van der Waals surface area contributed by atoms with Gasteiger partial charge in [-0.05, 0) is 52.0 Å². The monoisotopic (exact) mass is 576 g/mol. The average Bonchev–Trinajstić information content (AvgIpc) is 3.68. The lowest BCUT2D eigenvalue weighted by Crippen LogP contribution is -2.50. The fourth-order valence-electron chi connectivity index (χ4n) is 5.43. The molecule has 0 aromatic rings. The Bertz CT molecular complexity index is 1000. The molecule has 3 N–H and O–H groups in total. The van der Waals surface area contributed by atoms with E-state index < -0.39 is 29.9 Å². The predicted octanol–water partition coefficient (Wildman–Crippen LogP) is 2.89. The molecular weight excluding hydrogens is 528 g/mol. The van der Waals surface area contributed by atoms with Crippen molar-refractivity contribution >= 4 is 17.8 Å². The standard InChI is InChI=1S/C31H48N2O8/c1-7-14-32-29(36)16-24-17-31(18-38-31)30(37)27(41-24)12-9-19(2)8-11-26-20(3)15-25(22(5)40-26)33-28(35)13-10-21(4)39-23(6)34/h8-10,12-13,20-22,24-27,30,37H,7,11,14-18H2,1-6H3,(H,32,36)(H,33,35)/t20-,21-,22+,24+,25+,26-,27+,30+,31+/m0/s1. The van der Waals surface area contributed by atoms with Crippen LogP contribution < -0.4 is 10.6 Å². The van der Waals surface area contributed by atoms with E-state index in [-0.39, 0.29) is 48.5 Å². The Hall–Kier alpha value is -2.53. The van der Waals surface area contributed by atoms with Gasteiger partial charge >= 0.3 is 5.97 Å². The van der Waals surface area contributed by atoms with E-state index in [9.17, 15) is 19.5 Å². The molecule has 1 spiro atoms. The third kappa shape index (κ3) is 10.1. The zero-order chi connectivity index (χ0) is 30.2. The first-order valence-electron chi connectivity index (χ1n) is 14.8. The number of esters is 1. The molecule has 0 unspecified atom stereocenters. The summed E-state index contributed by atoms with van der Waals surface area (Å²) in [5, 5.41) is 16.7. The summed E-state index contributed by atoms with van der Waals surface area (Å²) in [5.41, 5.74) is 0.394. The lowest BCUT2D eigenvalue weighted by Gasteiger charge is -2.39. The SMILES string of the molecule is CCCNC(=O)C[C@@H]1C[C@@]2(CO2)[C@H](O)[C@@H](C=CC(C)=CC[C@@H]2O[C@H](C)[C@H](NC(=O)C=C[C@H](C)OC(C)=O)C[C@@H]2C)O1. The highest BCUT2D eigenvalue weighted by Gasteiger charge is 2.58. The van der Waals surface area contributed by atoms with Crippen LogP contribution in [-0.4, -0.2) is 84.3 Å². The predicted molar refractivity (Wildman–Crippen MR) is 154 cm³/mol. The molecule has 9 atom stereocenters. The van der Waals surface area contributed by atoms with Gasteiger partial charge in [-0.15, -0.1) is 0 Å². The summed E-state index contributed by atoms with van der Waals surface area (Å²) >= 11 is 0. The minimum atomic E-state index is -0.782. The second kappa shape index (κ2) is 15.1. The quantitative estimate of drug-likeness (QED) is 0.140. The third-order valence-electron chi connectivity index (χ3n) is 7.91. The number of allylic oxidation sites excluding steroid dienone is 2. The van der Waals surface area contributed by atoms with Gasteiger partial charge in [-0.1, -0.05) is 37.6 Å². The van der Waals surface area contributed by atoms with Crippen molar-refractivity contribution in [3.8, 4) is 0 Å². The van der Waals surface area contributed by atoms with Crippen LogP contribution in [0.3, 0.4) is 0 Å². The van der Waals surface area contributed by atoms with Gasteiger partial charge in [0.15, 0.2) is 0 Å². The van der Waals surface area contributed by atoms with Crippen LogP contribution in [0.1, 0.15) is 73.6 Å². The normalized spacial score (nSPS) is 34.5. The number of epoxide rings is 1. The van der Waals surface area contributed by atoms with E-state index in [2.05, 4.69) is 23.6 Å². The first kappa shape index (κ1) is 33.0. The summed E-state index contributed by atoms with van der Waals surface area (Å²) in [5.74, 6) is -0.463. The minimum Gasteiger partial charge on any atom is -0.459 e. The summed E-state index contributed by atoms with van der Waals surface area (Å²) in [6.45, 7) is 12.2. The molecule has 41 heavy (non-hydrogen) atoms. The molecule has 2 amide bonds. The number of carbonyl (C=O) groups is 3. The number of hydrogen-bond acceptors (Lipinski definition) is 8. The van der Waals surface area contributed by atoms with Gasteiger partial charge < -0.3 is 34.7 Å². The number of carbonyl (C=O) groups excluding carboxylic acids is 3. The number of nitrogens with one attached hydrogen (secondary N) is 2. The maximum atomic E-state index is 12.4. The molecule has 0 aromatic heterocycles. The zero-order valence-electron chi connectivity index (χ0n) is 25.3.